The van der Waals surface area contributed by atoms with Crippen LogP contribution < -0.4 is 0 Å². The van der Waals surface area contributed by atoms with Crippen molar-refractivity contribution in [2.45, 2.75) is 51.0 Å². The topological polar surface area (TPSA) is 60.4 Å². The molecule has 4 nitrogen and oxygen atoms in total. The Morgan fingerprint density at radius 3 is 2.45 bits per heavy atom. The second-order valence-electron chi connectivity index (χ2n) is 5.93. The molecule has 0 N–H and O–H groups in total. The Labute approximate surface area is 132 Å². The van der Waals surface area contributed by atoms with Crippen molar-refractivity contribution >= 4 is 15.8 Å². The van der Waals surface area contributed by atoms with E-state index in [1.165, 1.54) is 6.42 Å². The van der Waals surface area contributed by atoms with Gasteiger partial charge >= 0.3 is 5.97 Å². The van der Waals surface area contributed by atoms with Gasteiger partial charge in [0, 0.05) is 0 Å². The minimum absolute atomic E-state index is 0.0294. The molecule has 2 rings (SSSR count). The normalized spacial score (nSPS) is 16.4. The van der Waals surface area contributed by atoms with Crippen molar-refractivity contribution < 1.29 is 17.9 Å². The summed E-state index contributed by atoms with van der Waals surface area (Å²) in [5.41, 5.74) is 1.11. The predicted molar refractivity (Wildman–Crippen MR) is 86.4 cm³/mol. The fourth-order valence-electron chi connectivity index (χ4n) is 2.80. The van der Waals surface area contributed by atoms with E-state index in [1.54, 1.807) is 0 Å². The van der Waals surface area contributed by atoms with E-state index < -0.39 is 21.6 Å². The number of hydrogen-bond acceptors (Lipinski definition) is 4. The van der Waals surface area contributed by atoms with Crippen molar-refractivity contribution in [3.05, 3.63) is 35.9 Å². The summed E-state index contributed by atoms with van der Waals surface area (Å²) in [7, 11) is -3.38. The van der Waals surface area contributed by atoms with E-state index in [0.717, 1.165) is 31.2 Å². The number of ether oxygens (including phenoxy) is 1. The Hall–Kier alpha value is -1.36. The van der Waals surface area contributed by atoms with Crippen LogP contribution in [-0.4, -0.2) is 32.0 Å². The van der Waals surface area contributed by atoms with Crippen molar-refractivity contribution in [1.29, 1.82) is 0 Å². The minimum atomic E-state index is -3.38. The Kier molecular flexibility index (Phi) is 6.43. The smallest absolute Gasteiger partial charge is 0.321 e. The molecule has 0 spiro atoms. The van der Waals surface area contributed by atoms with Crippen LogP contribution in [0.25, 0.3) is 0 Å². The lowest BCUT2D eigenvalue weighted by molar-refractivity contribution is -0.147. The van der Waals surface area contributed by atoms with Gasteiger partial charge in [-0.1, -0.05) is 36.8 Å². The Morgan fingerprint density at radius 1 is 1.09 bits per heavy atom. The van der Waals surface area contributed by atoms with E-state index in [0.29, 0.717) is 12.8 Å². The third-order valence-corrected chi connectivity index (χ3v) is 5.54. The van der Waals surface area contributed by atoms with Crippen LogP contribution in [-0.2, 0) is 25.8 Å². The van der Waals surface area contributed by atoms with Gasteiger partial charge < -0.3 is 4.74 Å². The van der Waals surface area contributed by atoms with Gasteiger partial charge in [-0.3, -0.25) is 4.79 Å². The van der Waals surface area contributed by atoms with Crippen LogP contribution in [0.15, 0.2) is 30.3 Å². The summed E-state index contributed by atoms with van der Waals surface area (Å²) in [6.45, 7) is 0. The van der Waals surface area contributed by atoms with Gasteiger partial charge in [-0.25, -0.2) is 8.42 Å². The first-order chi connectivity index (χ1) is 10.6. The van der Waals surface area contributed by atoms with Gasteiger partial charge in [-0.15, -0.1) is 0 Å². The lowest BCUT2D eigenvalue weighted by Crippen LogP contribution is -2.27. The maximum atomic E-state index is 12.0. The molecule has 0 saturated heterocycles. The predicted octanol–water partition coefficient (Wildman–Crippen LogP) is 2.91. The van der Waals surface area contributed by atoms with Crippen LogP contribution >= 0.6 is 0 Å². The lowest BCUT2D eigenvalue weighted by atomic mass is 9.98. The average molecular weight is 324 g/mol. The molecule has 1 aromatic rings. The van der Waals surface area contributed by atoms with Gasteiger partial charge in [0.25, 0.3) is 0 Å². The summed E-state index contributed by atoms with van der Waals surface area (Å²) in [5.74, 6) is -1.05. The largest absolute Gasteiger partial charge is 0.462 e. The van der Waals surface area contributed by atoms with E-state index in [2.05, 4.69) is 0 Å². The van der Waals surface area contributed by atoms with Gasteiger partial charge in [-0.05, 0) is 44.1 Å². The Balaban J connectivity index is 1.71. The van der Waals surface area contributed by atoms with Crippen molar-refractivity contribution in [2.75, 3.05) is 11.5 Å². The molecule has 0 bridgehead atoms. The molecule has 0 atom stereocenters. The zero-order valence-corrected chi connectivity index (χ0v) is 13.7. The highest BCUT2D eigenvalue weighted by molar-refractivity contribution is 7.92. The summed E-state index contributed by atoms with van der Waals surface area (Å²) in [6, 6.07) is 9.76. The van der Waals surface area contributed by atoms with Crippen LogP contribution in [0.5, 0.6) is 0 Å². The molecule has 0 aromatic heterocycles. The second-order valence-corrected chi connectivity index (χ2v) is 8.12. The Morgan fingerprint density at radius 2 is 1.77 bits per heavy atom. The molecule has 1 saturated carbocycles. The van der Waals surface area contributed by atoms with Gasteiger partial charge in [0.15, 0.2) is 9.84 Å². The molecule has 0 amide bonds. The van der Waals surface area contributed by atoms with E-state index >= 15 is 0 Å². The van der Waals surface area contributed by atoms with Crippen LogP contribution in [0.3, 0.4) is 0 Å². The average Bonchev–Trinajstić information content (AvgIpc) is 2.48. The number of hydrogen-bond donors (Lipinski definition) is 0. The third-order valence-electron chi connectivity index (χ3n) is 3.95. The zero-order chi connectivity index (χ0) is 15.8. The molecule has 0 radical (unpaired) electrons. The maximum Gasteiger partial charge on any atom is 0.321 e. The number of benzene rings is 1. The fourth-order valence-corrected chi connectivity index (χ4v) is 3.95. The Bertz CT molecular complexity index is 560. The van der Waals surface area contributed by atoms with E-state index in [1.807, 2.05) is 30.3 Å². The van der Waals surface area contributed by atoms with Gasteiger partial charge in [0.2, 0.25) is 0 Å². The molecule has 22 heavy (non-hydrogen) atoms. The fraction of sp³-hybridized carbons (Fsp3) is 0.588. The highest BCUT2D eigenvalue weighted by atomic mass is 32.2. The van der Waals surface area contributed by atoms with Gasteiger partial charge in [-0.2, -0.15) is 0 Å². The number of carbonyl (C=O) groups excluding carboxylic acids is 1. The van der Waals surface area contributed by atoms with Crippen LogP contribution in [0.4, 0.5) is 0 Å². The molecular weight excluding hydrogens is 300 g/mol. The van der Waals surface area contributed by atoms with Crippen molar-refractivity contribution in [3.8, 4) is 0 Å². The summed E-state index contributed by atoms with van der Waals surface area (Å²) >= 11 is 0. The highest BCUT2D eigenvalue weighted by Crippen LogP contribution is 2.20. The van der Waals surface area contributed by atoms with Crippen molar-refractivity contribution in [3.63, 3.8) is 0 Å². The number of esters is 1. The molecule has 1 fully saturated rings. The van der Waals surface area contributed by atoms with Crippen molar-refractivity contribution in [1.82, 2.24) is 0 Å². The SMILES string of the molecule is O=C(CS(=O)(=O)CCCc1ccccc1)OC1CCCCC1. The van der Waals surface area contributed by atoms with Crippen molar-refractivity contribution in [2.24, 2.45) is 0 Å². The number of carbonyl (C=O) groups is 1. The first-order valence-corrected chi connectivity index (χ1v) is 9.81. The molecule has 0 heterocycles. The van der Waals surface area contributed by atoms with Crippen LogP contribution in [0, 0.1) is 0 Å². The first kappa shape index (κ1) is 17.0. The molecule has 122 valence electrons. The summed E-state index contributed by atoms with van der Waals surface area (Å²) in [4.78, 5) is 11.8. The van der Waals surface area contributed by atoms with E-state index in [-0.39, 0.29) is 11.9 Å². The molecule has 0 unspecified atom stereocenters. The summed E-state index contributed by atoms with van der Waals surface area (Å²) in [6.07, 6.45) is 6.16. The standard InChI is InChI=1S/C17H24O4S/c18-17(21-16-11-5-2-6-12-16)14-22(19,20)13-7-10-15-8-3-1-4-9-15/h1,3-4,8-9,16H,2,5-7,10-14H2. The summed E-state index contributed by atoms with van der Waals surface area (Å²) < 4.78 is 29.2. The number of rotatable bonds is 7. The number of aryl methyl sites for hydroxylation is 1. The monoisotopic (exact) mass is 324 g/mol. The molecule has 0 aliphatic heterocycles. The highest BCUT2D eigenvalue weighted by Gasteiger charge is 2.22. The molecule has 1 aliphatic carbocycles. The molecule has 5 heteroatoms. The molecule has 1 aliphatic rings. The second kappa shape index (κ2) is 8.32. The quantitative estimate of drug-likeness (QED) is 0.724. The van der Waals surface area contributed by atoms with E-state index in [4.69, 9.17) is 4.74 Å². The van der Waals surface area contributed by atoms with Crippen LogP contribution in [0.1, 0.15) is 44.1 Å². The van der Waals surface area contributed by atoms with Gasteiger partial charge in [0.1, 0.15) is 11.9 Å². The molecular formula is C17H24O4S. The van der Waals surface area contributed by atoms with Gasteiger partial charge in [0.05, 0.1) is 5.75 Å². The number of sulfone groups is 1. The van der Waals surface area contributed by atoms with E-state index in [9.17, 15) is 13.2 Å². The zero-order valence-electron chi connectivity index (χ0n) is 12.9. The first-order valence-electron chi connectivity index (χ1n) is 7.99. The van der Waals surface area contributed by atoms with Crippen LogP contribution in [0.2, 0.25) is 0 Å². The summed E-state index contributed by atoms with van der Waals surface area (Å²) in [5, 5.41) is 0. The lowest BCUT2D eigenvalue weighted by Gasteiger charge is -2.21. The third kappa shape index (κ3) is 6.18. The minimum Gasteiger partial charge on any atom is -0.462 e. The molecule has 1 aromatic carbocycles. The maximum absolute atomic E-state index is 12.0.